The van der Waals surface area contributed by atoms with Crippen LogP contribution in [0.4, 0.5) is 14.5 Å². The van der Waals surface area contributed by atoms with E-state index in [0.29, 0.717) is 0 Å². The minimum atomic E-state index is -1.27. The minimum absolute atomic E-state index is 0.101. The predicted molar refractivity (Wildman–Crippen MR) is 46.7 cm³/mol. The highest BCUT2D eigenvalue weighted by molar-refractivity contribution is 5.90. The molecule has 0 fully saturated rings. The van der Waals surface area contributed by atoms with Gasteiger partial charge < -0.3 is 10.5 Å². The summed E-state index contributed by atoms with van der Waals surface area (Å²) in [4.78, 5) is 11.1. The number of carbonyl (C=O) groups excluding carboxylic acids is 1. The quantitative estimate of drug-likeness (QED) is 0.585. The van der Waals surface area contributed by atoms with E-state index in [4.69, 9.17) is 5.73 Å². The summed E-state index contributed by atoms with van der Waals surface area (Å²) in [5.74, 6) is -3.40. The van der Waals surface area contributed by atoms with Gasteiger partial charge >= 0.3 is 5.97 Å². The third-order valence-electron chi connectivity index (χ3n) is 1.61. The first kappa shape index (κ1) is 10.4. The number of hydrogen-bond donors (Lipinski definition) is 1. The molecule has 76 valence electrons. The summed E-state index contributed by atoms with van der Waals surface area (Å²) in [7, 11) is 0. The molecule has 2 N–H and O–H groups in total. The second kappa shape index (κ2) is 4.04. The monoisotopic (exact) mass is 201 g/mol. The van der Waals surface area contributed by atoms with Gasteiger partial charge in [-0.05, 0) is 19.1 Å². The van der Waals surface area contributed by atoms with E-state index in [9.17, 15) is 13.6 Å². The van der Waals surface area contributed by atoms with Crippen molar-refractivity contribution in [2.24, 2.45) is 0 Å². The van der Waals surface area contributed by atoms with Gasteiger partial charge in [-0.2, -0.15) is 0 Å². The molecule has 0 aromatic heterocycles. The van der Waals surface area contributed by atoms with Gasteiger partial charge in [0, 0.05) is 0 Å². The second-order valence-electron chi connectivity index (χ2n) is 2.55. The number of halogens is 2. The molecule has 0 atom stereocenters. The summed E-state index contributed by atoms with van der Waals surface area (Å²) in [6.45, 7) is 1.67. The molecule has 1 aromatic rings. The highest BCUT2D eigenvalue weighted by Crippen LogP contribution is 2.18. The molecule has 0 spiro atoms. The topological polar surface area (TPSA) is 52.3 Å². The van der Waals surface area contributed by atoms with E-state index >= 15 is 0 Å². The zero-order chi connectivity index (χ0) is 10.7. The van der Waals surface area contributed by atoms with Gasteiger partial charge in [-0.3, -0.25) is 0 Å². The van der Waals surface area contributed by atoms with Gasteiger partial charge in [-0.1, -0.05) is 0 Å². The molecule has 5 heteroatoms. The lowest BCUT2D eigenvalue weighted by atomic mass is 10.2. The fraction of sp³-hybridized carbons (Fsp3) is 0.222. The Morgan fingerprint density at radius 1 is 1.43 bits per heavy atom. The standard InChI is InChI=1S/C9H9F2NO2/c1-2-14-9(13)5-3-4-6(12)8(11)7(5)10/h3-4H,2,12H2,1H3. The molecule has 1 aromatic carbocycles. The number of hydrogen-bond acceptors (Lipinski definition) is 3. The molecular weight excluding hydrogens is 192 g/mol. The smallest absolute Gasteiger partial charge is 0.341 e. The lowest BCUT2D eigenvalue weighted by molar-refractivity contribution is 0.0520. The van der Waals surface area contributed by atoms with Crippen LogP contribution >= 0.6 is 0 Å². The normalized spacial score (nSPS) is 9.93. The summed E-state index contributed by atoms with van der Waals surface area (Å²) >= 11 is 0. The number of esters is 1. The van der Waals surface area contributed by atoms with Crippen molar-refractivity contribution in [1.29, 1.82) is 0 Å². The number of ether oxygens (including phenoxy) is 1. The fourth-order valence-electron chi connectivity index (χ4n) is 0.931. The molecule has 1 rings (SSSR count). The maximum Gasteiger partial charge on any atom is 0.341 e. The number of anilines is 1. The highest BCUT2D eigenvalue weighted by Gasteiger charge is 2.17. The summed E-state index contributed by atoms with van der Waals surface area (Å²) in [6, 6.07) is 2.20. The largest absolute Gasteiger partial charge is 0.462 e. The van der Waals surface area contributed by atoms with E-state index in [1.165, 1.54) is 0 Å². The fourth-order valence-corrected chi connectivity index (χ4v) is 0.931. The van der Waals surface area contributed by atoms with Gasteiger partial charge in [0.05, 0.1) is 17.9 Å². The molecule has 0 heterocycles. The molecule has 0 aliphatic heterocycles. The van der Waals surface area contributed by atoms with Gasteiger partial charge in [0.25, 0.3) is 0 Å². The van der Waals surface area contributed by atoms with Crippen molar-refractivity contribution in [2.45, 2.75) is 6.92 Å². The van der Waals surface area contributed by atoms with Crippen LogP contribution in [0.2, 0.25) is 0 Å². The van der Waals surface area contributed by atoms with Crippen molar-refractivity contribution in [3.63, 3.8) is 0 Å². The van der Waals surface area contributed by atoms with Gasteiger partial charge in [-0.25, -0.2) is 13.6 Å². The van der Waals surface area contributed by atoms with E-state index in [1.807, 2.05) is 0 Å². The highest BCUT2D eigenvalue weighted by atomic mass is 19.2. The molecule has 14 heavy (non-hydrogen) atoms. The molecule has 0 saturated heterocycles. The number of benzene rings is 1. The van der Waals surface area contributed by atoms with Crippen molar-refractivity contribution < 1.29 is 18.3 Å². The molecule has 0 saturated carbocycles. The minimum Gasteiger partial charge on any atom is -0.462 e. The second-order valence-corrected chi connectivity index (χ2v) is 2.55. The number of nitrogen functional groups attached to an aromatic ring is 1. The third-order valence-corrected chi connectivity index (χ3v) is 1.61. The molecule has 0 amide bonds. The van der Waals surface area contributed by atoms with E-state index in [0.717, 1.165) is 12.1 Å². The zero-order valence-corrected chi connectivity index (χ0v) is 7.51. The SMILES string of the molecule is CCOC(=O)c1ccc(N)c(F)c1F. The first-order chi connectivity index (χ1) is 6.57. The Kier molecular flexibility index (Phi) is 3.01. The van der Waals surface area contributed by atoms with Gasteiger partial charge in [0.15, 0.2) is 11.6 Å². The third kappa shape index (κ3) is 1.81. The van der Waals surface area contributed by atoms with Gasteiger partial charge in [-0.15, -0.1) is 0 Å². The summed E-state index contributed by atoms with van der Waals surface area (Å²) < 4.78 is 30.5. The van der Waals surface area contributed by atoms with Crippen LogP contribution in [0.1, 0.15) is 17.3 Å². The molecule has 0 aliphatic carbocycles. The van der Waals surface area contributed by atoms with Crippen LogP contribution in [-0.2, 0) is 4.74 Å². The summed E-state index contributed by atoms with van der Waals surface area (Å²) in [6.07, 6.45) is 0. The first-order valence-corrected chi connectivity index (χ1v) is 3.98. The molecule has 0 unspecified atom stereocenters. The lowest BCUT2D eigenvalue weighted by Gasteiger charge is -2.04. The van der Waals surface area contributed by atoms with Crippen LogP contribution in [0.5, 0.6) is 0 Å². The summed E-state index contributed by atoms with van der Waals surface area (Å²) in [5, 5.41) is 0. The van der Waals surface area contributed by atoms with Crippen LogP contribution in [-0.4, -0.2) is 12.6 Å². The maximum absolute atomic E-state index is 13.1. The first-order valence-electron chi connectivity index (χ1n) is 3.98. The van der Waals surface area contributed by atoms with Crippen molar-refractivity contribution in [2.75, 3.05) is 12.3 Å². The zero-order valence-electron chi connectivity index (χ0n) is 7.51. The van der Waals surface area contributed by atoms with Crippen molar-refractivity contribution in [1.82, 2.24) is 0 Å². The average Bonchev–Trinajstić information content (AvgIpc) is 2.15. The molecule has 0 bridgehead atoms. The Balaban J connectivity index is 3.11. The van der Waals surface area contributed by atoms with E-state index < -0.39 is 23.2 Å². The van der Waals surface area contributed by atoms with E-state index in [-0.39, 0.29) is 12.3 Å². The molecule has 0 radical (unpaired) electrons. The van der Waals surface area contributed by atoms with Gasteiger partial charge in [0.1, 0.15) is 0 Å². The van der Waals surface area contributed by atoms with Crippen LogP contribution in [0.3, 0.4) is 0 Å². The van der Waals surface area contributed by atoms with E-state index in [2.05, 4.69) is 4.74 Å². The Morgan fingerprint density at radius 3 is 2.64 bits per heavy atom. The van der Waals surface area contributed by atoms with Crippen LogP contribution in [0.15, 0.2) is 12.1 Å². The maximum atomic E-state index is 13.1. The Hall–Kier alpha value is -1.65. The van der Waals surface area contributed by atoms with E-state index in [1.54, 1.807) is 6.92 Å². The van der Waals surface area contributed by atoms with Crippen molar-refractivity contribution in [3.8, 4) is 0 Å². The lowest BCUT2D eigenvalue weighted by Crippen LogP contribution is -2.09. The average molecular weight is 201 g/mol. The number of rotatable bonds is 2. The van der Waals surface area contributed by atoms with Crippen LogP contribution in [0.25, 0.3) is 0 Å². The Labute approximate surface area is 79.5 Å². The van der Waals surface area contributed by atoms with Crippen LogP contribution in [0, 0.1) is 11.6 Å². The van der Waals surface area contributed by atoms with Gasteiger partial charge in [0.2, 0.25) is 0 Å². The predicted octanol–water partition coefficient (Wildman–Crippen LogP) is 1.72. The summed E-state index contributed by atoms with van der Waals surface area (Å²) in [5.41, 5.74) is 4.31. The number of nitrogens with two attached hydrogens (primary N) is 1. The molecule has 3 nitrogen and oxygen atoms in total. The molecular formula is C9H9F2NO2. The van der Waals surface area contributed by atoms with Crippen molar-refractivity contribution >= 4 is 11.7 Å². The molecule has 0 aliphatic rings. The van der Waals surface area contributed by atoms with Crippen molar-refractivity contribution in [3.05, 3.63) is 29.3 Å². The number of carbonyl (C=O) groups is 1. The Bertz CT molecular complexity index is 366. The Morgan fingerprint density at radius 2 is 2.07 bits per heavy atom. The van der Waals surface area contributed by atoms with Crippen LogP contribution < -0.4 is 5.73 Å².